The fourth-order valence-electron chi connectivity index (χ4n) is 0.575. The van der Waals surface area contributed by atoms with Gasteiger partial charge in [-0.15, -0.1) is 0 Å². The van der Waals surface area contributed by atoms with E-state index in [0.29, 0.717) is 6.42 Å². The predicted molar refractivity (Wildman–Crippen MR) is 33.3 cm³/mol. The van der Waals surface area contributed by atoms with Gasteiger partial charge < -0.3 is 8.23 Å². The molecule has 1 aliphatic heterocycles. The molecule has 0 amide bonds. The van der Waals surface area contributed by atoms with E-state index in [1.807, 2.05) is 0 Å². The van der Waals surface area contributed by atoms with E-state index in [-0.39, 0.29) is 6.67 Å². The van der Waals surface area contributed by atoms with Crippen LogP contribution in [0.5, 0.6) is 0 Å². The summed E-state index contributed by atoms with van der Waals surface area (Å²) in [5, 5.41) is 0. The van der Waals surface area contributed by atoms with Crippen molar-refractivity contribution in [3.8, 4) is 0 Å². The molecule has 1 aliphatic rings. The van der Waals surface area contributed by atoms with Crippen LogP contribution in [0.4, 0.5) is 4.39 Å². The minimum absolute atomic E-state index is 0.224. The van der Waals surface area contributed by atoms with Crippen molar-refractivity contribution in [2.24, 2.45) is 0 Å². The van der Waals surface area contributed by atoms with Gasteiger partial charge in [-0.3, -0.25) is 4.39 Å². The first-order valence-electron chi connectivity index (χ1n) is 2.72. The molecule has 1 fully saturated rings. The second-order valence-corrected chi connectivity index (χ2v) is 6.05. The van der Waals surface area contributed by atoms with Crippen LogP contribution >= 0.6 is 0 Å². The second kappa shape index (κ2) is 3.34. The molecule has 0 atom stereocenters. The Labute approximate surface area is 51.9 Å². The lowest BCUT2D eigenvalue weighted by Gasteiger charge is -2.24. The Bertz CT molecular complexity index is 68.3. The average molecular weight is 152 g/mol. The van der Waals surface area contributed by atoms with Gasteiger partial charge in [0.15, 0.2) is 0 Å². The summed E-state index contributed by atoms with van der Waals surface area (Å²) < 4.78 is 21.7. The van der Waals surface area contributed by atoms with Crippen molar-refractivity contribution >= 4 is 19.3 Å². The highest BCUT2D eigenvalue weighted by atomic mass is 28.4. The summed E-state index contributed by atoms with van der Waals surface area (Å²) in [6.45, 7) is -0.224. The molecule has 1 rings (SSSR count). The molecule has 48 valence electrons. The third kappa shape index (κ3) is 1.66. The Morgan fingerprint density at radius 2 is 2.25 bits per heavy atom. The summed E-state index contributed by atoms with van der Waals surface area (Å²) >= 11 is 0. The molecule has 0 radical (unpaired) electrons. The largest absolute Gasteiger partial charge is 0.422 e. The fourth-order valence-corrected chi connectivity index (χ4v) is 3.71. The van der Waals surface area contributed by atoms with E-state index < -0.39 is 19.3 Å². The lowest BCUT2D eigenvalue weighted by Crippen LogP contribution is -2.38. The normalized spacial score (nSPS) is 30.4. The molecule has 1 heterocycles. The van der Waals surface area contributed by atoms with Crippen LogP contribution in [0.25, 0.3) is 0 Å². The minimum atomic E-state index is -1.20. The van der Waals surface area contributed by atoms with E-state index in [2.05, 4.69) is 0 Å². The number of halogens is 1. The summed E-state index contributed by atoms with van der Waals surface area (Å²) in [4.78, 5) is 0. The molecule has 0 bridgehead atoms. The Kier molecular flexibility index (Phi) is 2.67. The number of rotatable bonds is 3. The topological polar surface area (TPSA) is 18.5 Å². The van der Waals surface area contributed by atoms with Crippen LogP contribution in [0.1, 0.15) is 6.42 Å². The smallest absolute Gasteiger partial charge is 0.303 e. The van der Waals surface area contributed by atoms with Crippen LogP contribution in [0, 0.1) is 0 Å². The molecule has 0 aliphatic carbocycles. The van der Waals surface area contributed by atoms with Crippen LogP contribution in [-0.4, -0.2) is 26.0 Å². The zero-order chi connectivity index (χ0) is 5.82. The summed E-state index contributed by atoms with van der Waals surface area (Å²) in [6.07, 6.45) is 0.630. The fraction of sp³-hybridized carbons (Fsp3) is 1.00. The SMILES string of the molecule is FCCC[SiH]1O[SiH2]O1. The van der Waals surface area contributed by atoms with Crippen molar-refractivity contribution in [3.05, 3.63) is 0 Å². The maximum atomic E-state index is 11.4. The van der Waals surface area contributed by atoms with Crippen LogP contribution < -0.4 is 0 Å². The van der Waals surface area contributed by atoms with Crippen LogP contribution in [-0.2, 0) is 8.23 Å². The quantitative estimate of drug-likeness (QED) is 0.513. The van der Waals surface area contributed by atoms with E-state index in [1.165, 1.54) is 0 Å². The lowest BCUT2D eigenvalue weighted by atomic mass is 10.6. The molecular weight excluding hydrogens is 143 g/mol. The van der Waals surface area contributed by atoms with Crippen molar-refractivity contribution in [2.45, 2.75) is 12.5 Å². The summed E-state index contributed by atoms with van der Waals surface area (Å²) in [7, 11) is -1.73. The first-order chi connectivity index (χ1) is 3.93. The average Bonchev–Trinajstić information content (AvgIpc) is 1.63. The molecule has 0 aromatic heterocycles. The zero-order valence-corrected chi connectivity index (χ0v) is 7.17. The van der Waals surface area contributed by atoms with Gasteiger partial charge in [0.2, 0.25) is 0 Å². The first-order valence-corrected chi connectivity index (χ1v) is 5.64. The van der Waals surface area contributed by atoms with Gasteiger partial charge >= 0.3 is 9.28 Å². The van der Waals surface area contributed by atoms with Gasteiger partial charge in [0.1, 0.15) is 0 Å². The highest BCUT2D eigenvalue weighted by molar-refractivity contribution is 6.64. The Morgan fingerprint density at radius 1 is 1.50 bits per heavy atom. The molecule has 0 spiro atoms. The van der Waals surface area contributed by atoms with Gasteiger partial charge in [0.25, 0.3) is 10.0 Å². The monoisotopic (exact) mass is 152 g/mol. The Hall–Kier alpha value is 0.284. The second-order valence-electron chi connectivity index (χ2n) is 1.71. The molecule has 1 saturated heterocycles. The molecule has 2 nitrogen and oxygen atoms in total. The van der Waals surface area contributed by atoms with E-state index >= 15 is 0 Å². The highest BCUT2D eigenvalue weighted by Gasteiger charge is 2.20. The molecule has 0 saturated carbocycles. The Balaban J connectivity index is 1.86. The molecule has 0 aromatic rings. The third-order valence-corrected chi connectivity index (χ3v) is 6.02. The van der Waals surface area contributed by atoms with Gasteiger partial charge in [0, 0.05) is 0 Å². The summed E-state index contributed by atoms with van der Waals surface area (Å²) in [5.41, 5.74) is 0. The maximum Gasteiger partial charge on any atom is 0.303 e. The molecule has 5 heteroatoms. The van der Waals surface area contributed by atoms with E-state index in [0.717, 1.165) is 6.04 Å². The van der Waals surface area contributed by atoms with Crippen molar-refractivity contribution in [1.82, 2.24) is 0 Å². The summed E-state index contributed by atoms with van der Waals surface area (Å²) in [5.74, 6) is 0. The van der Waals surface area contributed by atoms with Crippen LogP contribution in [0.3, 0.4) is 0 Å². The van der Waals surface area contributed by atoms with E-state index in [9.17, 15) is 4.39 Å². The van der Waals surface area contributed by atoms with Crippen molar-refractivity contribution in [1.29, 1.82) is 0 Å². The van der Waals surface area contributed by atoms with Crippen LogP contribution in [0.15, 0.2) is 0 Å². The number of hydrogen-bond acceptors (Lipinski definition) is 2. The third-order valence-electron chi connectivity index (χ3n) is 1.08. The number of hydrogen-bond donors (Lipinski definition) is 0. The molecular formula is C3H9FO2Si2. The predicted octanol–water partition coefficient (Wildman–Crippen LogP) is -0.388. The van der Waals surface area contributed by atoms with Gasteiger partial charge in [-0.1, -0.05) is 0 Å². The highest BCUT2D eigenvalue weighted by Crippen LogP contribution is 2.07. The van der Waals surface area contributed by atoms with Gasteiger partial charge in [-0.05, 0) is 12.5 Å². The van der Waals surface area contributed by atoms with Gasteiger partial charge in [0.05, 0.1) is 6.67 Å². The standard InChI is InChI=1S/C3H9FO2Si2/c4-2-1-3-8-5-7-6-8/h8H,1-3,7H2. The molecule has 0 aromatic carbocycles. The van der Waals surface area contributed by atoms with Gasteiger partial charge in [-0.2, -0.15) is 0 Å². The zero-order valence-electron chi connectivity index (χ0n) is 4.60. The van der Waals surface area contributed by atoms with Crippen molar-refractivity contribution < 1.29 is 12.6 Å². The molecule has 0 unspecified atom stereocenters. The minimum Gasteiger partial charge on any atom is -0.422 e. The van der Waals surface area contributed by atoms with E-state index in [1.54, 1.807) is 0 Å². The van der Waals surface area contributed by atoms with Crippen molar-refractivity contribution in [3.63, 3.8) is 0 Å². The van der Waals surface area contributed by atoms with Crippen molar-refractivity contribution in [2.75, 3.05) is 6.67 Å². The Morgan fingerprint density at radius 3 is 2.62 bits per heavy atom. The van der Waals surface area contributed by atoms with Gasteiger partial charge in [-0.25, -0.2) is 0 Å². The first kappa shape index (κ1) is 6.40. The van der Waals surface area contributed by atoms with E-state index in [4.69, 9.17) is 8.23 Å². The maximum absolute atomic E-state index is 11.4. The van der Waals surface area contributed by atoms with Crippen LogP contribution in [0.2, 0.25) is 6.04 Å². The molecule has 0 N–H and O–H groups in total. The summed E-state index contributed by atoms with van der Waals surface area (Å²) in [6, 6.07) is 0.865. The number of alkyl halides is 1. The molecule has 8 heavy (non-hydrogen) atoms. The lowest BCUT2D eigenvalue weighted by molar-refractivity contribution is 0.306.